The highest BCUT2D eigenvalue weighted by molar-refractivity contribution is 5.58. The fourth-order valence-corrected chi connectivity index (χ4v) is 2.96. The minimum atomic E-state index is -5.56. The lowest BCUT2D eigenvalue weighted by Gasteiger charge is -2.43. The number of fused-ring (bicyclic) bond motifs is 1. The van der Waals surface area contributed by atoms with Crippen LogP contribution in [0.25, 0.3) is 0 Å². The average molecular weight is 318 g/mol. The lowest BCUT2D eigenvalue weighted by molar-refractivity contribution is -0.289. The third-order valence-corrected chi connectivity index (χ3v) is 3.85. The van der Waals surface area contributed by atoms with Gasteiger partial charge in [-0.25, -0.2) is 0 Å². The fourth-order valence-electron chi connectivity index (χ4n) is 2.96. The Morgan fingerprint density at radius 1 is 0.909 bits per heavy atom. The zero-order chi connectivity index (χ0) is 16.8. The van der Waals surface area contributed by atoms with Crippen LogP contribution in [0.5, 0.6) is 0 Å². The number of rotatable bonds is 2. The van der Waals surface area contributed by atoms with Crippen molar-refractivity contribution in [2.24, 2.45) is 0 Å². The maximum atomic E-state index is 13.7. The second kappa shape index (κ2) is 5.04. The highest BCUT2D eigenvalue weighted by atomic mass is 19.4. The number of alkyl halides is 6. The maximum absolute atomic E-state index is 13.7. The molecule has 118 valence electrons. The first kappa shape index (κ1) is 16.4. The number of benzene rings is 1. The average Bonchev–Trinajstić information content (AvgIpc) is 2.42. The molecule has 1 aromatic rings. The van der Waals surface area contributed by atoms with Gasteiger partial charge in [0, 0.05) is 0 Å². The molecule has 0 aliphatic heterocycles. The van der Waals surface area contributed by atoms with E-state index in [9.17, 15) is 26.3 Å². The van der Waals surface area contributed by atoms with Crippen molar-refractivity contribution in [1.29, 1.82) is 0 Å². The van der Waals surface area contributed by atoms with Crippen molar-refractivity contribution in [2.75, 3.05) is 0 Å². The number of allylic oxidation sites excluding steroid dienone is 4. The smallest absolute Gasteiger partial charge is 0.169 e. The van der Waals surface area contributed by atoms with Gasteiger partial charge in [0.05, 0.1) is 0 Å². The van der Waals surface area contributed by atoms with Gasteiger partial charge in [0.1, 0.15) is 0 Å². The lowest BCUT2D eigenvalue weighted by atomic mass is 9.65. The van der Waals surface area contributed by atoms with Gasteiger partial charge in [-0.05, 0) is 28.7 Å². The largest absolute Gasteiger partial charge is 0.411 e. The number of hydrogen-bond acceptors (Lipinski definition) is 0. The second-order valence-corrected chi connectivity index (χ2v) is 4.93. The summed E-state index contributed by atoms with van der Waals surface area (Å²) in [6, 6.07) is 4.73. The summed E-state index contributed by atoms with van der Waals surface area (Å²) < 4.78 is 82.1. The molecule has 0 heterocycles. The molecule has 0 atom stereocenters. The molecule has 0 saturated heterocycles. The molecule has 0 bridgehead atoms. The third-order valence-electron chi connectivity index (χ3n) is 3.85. The molecular weight excluding hydrogens is 306 g/mol. The summed E-state index contributed by atoms with van der Waals surface area (Å²) in [6.07, 6.45) is -9.50. The van der Waals surface area contributed by atoms with E-state index in [1.54, 1.807) is 0 Å². The normalized spacial score (nSPS) is 17.9. The first-order valence-corrected chi connectivity index (χ1v) is 6.31. The Labute approximate surface area is 123 Å². The van der Waals surface area contributed by atoms with E-state index >= 15 is 0 Å². The summed E-state index contributed by atoms with van der Waals surface area (Å²) in [4.78, 5) is 0. The molecule has 1 aromatic carbocycles. The molecule has 0 spiro atoms. The van der Waals surface area contributed by atoms with Gasteiger partial charge in [0.15, 0.2) is 0 Å². The Hall–Kier alpha value is -1.98. The first-order chi connectivity index (χ1) is 10.1. The van der Waals surface area contributed by atoms with Crippen molar-refractivity contribution in [3.8, 4) is 0 Å². The summed E-state index contributed by atoms with van der Waals surface area (Å²) in [5, 5.41) is 0. The molecular formula is C16H12F6. The van der Waals surface area contributed by atoms with Crippen molar-refractivity contribution < 1.29 is 26.3 Å². The zero-order valence-electron chi connectivity index (χ0n) is 11.4. The Kier molecular flexibility index (Phi) is 3.75. The van der Waals surface area contributed by atoms with E-state index in [2.05, 4.69) is 13.2 Å². The molecule has 22 heavy (non-hydrogen) atoms. The van der Waals surface area contributed by atoms with Gasteiger partial charge in [-0.3, -0.25) is 0 Å². The quantitative estimate of drug-likeness (QED) is 0.651. The van der Waals surface area contributed by atoms with Gasteiger partial charge in [0.25, 0.3) is 0 Å². The number of halogens is 6. The highest BCUT2D eigenvalue weighted by Crippen LogP contribution is 2.59. The molecule has 0 N–H and O–H groups in total. The zero-order valence-corrected chi connectivity index (χ0v) is 11.4. The van der Waals surface area contributed by atoms with E-state index in [-0.39, 0.29) is 17.6 Å². The van der Waals surface area contributed by atoms with E-state index < -0.39 is 28.9 Å². The van der Waals surface area contributed by atoms with Crippen molar-refractivity contribution in [2.45, 2.75) is 24.2 Å². The Balaban J connectivity index is 3.02. The Bertz CT molecular complexity index is 631. The van der Waals surface area contributed by atoms with Crippen molar-refractivity contribution >= 4 is 0 Å². The predicted octanol–water partition coefficient (Wildman–Crippen LogP) is 5.27. The molecule has 1 aliphatic rings. The van der Waals surface area contributed by atoms with Gasteiger partial charge in [-0.15, -0.1) is 0 Å². The Morgan fingerprint density at radius 3 is 1.91 bits per heavy atom. The van der Waals surface area contributed by atoms with E-state index in [0.29, 0.717) is 6.08 Å². The molecule has 0 unspecified atom stereocenters. The van der Waals surface area contributed by atoms with Crippen LogP contribution in [0.3, 0.4) is 0 Å². The van der Waals surface area contributed by atoms with Crippen LogP contribution in [0.15, 0.2) is 60.7 Å². The SMILES string of the molecule is C=CC1=C(C=C)C(C(F)(F)F)(C(F)(F)F)c2ccccc2C1. The van der Waals surface area contributed by atoms with Crippen LogP contribution < -0.4 is 0 Å². The molecule has 0 nitrogen and oxygen atoms in total. The van der Waals surface area contributed by atoms with Gasteiger partial charge >= 0.3 is 12.4 Å². The second-order valence-electron chi connectivity index (χ2n) is 4.93. The molecule has 6 heteroatoms. The highest BCUT2D eigenvalue weighted by Gasteiger charge is 2.74. The Morgan fingerprint density at radius 2 is 1.45 bits per heavy atom. The monoisotopic (exact) mass is 318 g/mol. The predicted molar refractivity (Wildman–Crippen MR) is 71.4 cm³/mol. The van der Waals surface area contributed by atoms with Crippen LogP contribution in [0.1, 0.15) is 11.1 Å². The molecule has 0 fully saturated rings. The van der Waals surface area contributed by atoms with Crippen molar-refractivity contribution in [3.05, 3.63) is 71.8 Å². The van der Waals surface area contributed by atoms with Crippen LogP contribution in [0.4, 0.5) is 26.3 Å². The molecule has 1 aliphatic carbocycles. The third kappa shape index (κ3) is 2.01. The van der Waals surface area contributed by atoms with E-state index in [1.165, 1.54) is 18.2 Å². The van der Waals surface area contributed by atoms with Crippen LogP contribution in [0, 0.1) is 0 Å². The minimum absolute atomic E-state index is 0.0161. The van der Waals surface area contributed by atoms with Crippen LogP contribution in [0.2, 0.25) is 0 Å². The van der Waals surface area contributed by atoms with Crippen LogP contribution in [-0.2, 0) is 11.8 Å². The summed E-state index contributed by atoms with van der Waals surface area (Å²) in [5.41, 5.74) is -5.92. The summed E-state index contributed by atoms with van der Waals surface area (Å²) in [6.45, 7) is 6.52. The van der Waals surface area contributed by atoms with Crippen molar-refractivity contribution in [3.63, 3.8) is 0 Å². The molecule has 0 aromatic heterocycles. The van der Waals surface area contributed by atoms with Gasteiger partial charge in [-0.1, -0.05) is 49.6 Å². The first-order valence-electron chi connectivity index (χ1n) is 6.31. The fraction of sp³-hybridized carbons (Fsp3) is 0.250. The van der Waals surface area contributed by atoms with Gasteiger partial charge < -0.3 is 0 Å². The number of hydrogen-bond donors (Lipinski definition) is 0. The lowest BCUT2D eigenvalue weighted by Crippen LogP contribution is -2.56. The molecule has 0 saturated carbocycles. The molecule has 0 radical (unpaired) electrons. The summed E-state index contributed by atoms with van der Waals surface area (Å²) in [5.74, 6) is 0. The van der Waals surface area contributed by atoms with E-state index in [4.69, 9.17) is 0 Å². The van der Waals surface area contributed by atoms with Gasteiger partial charge in [-0.2, -0.15) is 26.3 Å². The van der Waals surface area contributed by atoms with Gasteiger partial charge in [0.2, 0.25) is 5.41 Å². The maximum Gasteiger partial charge on any atom is 0.411 e. The van der Waals surface area contributed by atoms with Crippen molar-refractivity contribution in [1.82, 2.24) is 0 Å². The molecule has 2 rings (SSSR count). The van der Waals surface area contributed by atoms with E-state index in [1.807, 2.05) is 0 Å². The van der Waals surface area contributed by atoms with Crippen LogP contribution in [-0.4, -0.2) is 12.4 Å². The van der Waals surface area contributed by atoms with E-state index in [0.717, 1.165) is 12.1 Å². The summed E-state index contributed by atoms with van der Waals surface area (Å²) >= 11 is 0. The van der Waals surface area contributed by atoms with Crippen LogP contribution >= 0.6 is 0 Å². The standard InChI is InChI=1S/C16H12F6/c1-3-10-9-11-7-5-6-8-13(11)14(12(10)4-2,15(17,18)19)16(20,21)22/h3-8H,1-2,9H2. The topological polar surface area (TPSA) is 0 Å². The molecule has 0 amide bonds. The minimum Gasteiger partial charge on any atom is -0.169 e. The summed E-state index contributed by atoms with van der Waals surface area (Å²) in [7, 11) is 0.